The highest BCUT2D eigenvalue weighted by atomic mass is 16.5. The first-order valence-corrected chi connectivity index (χ1v) is 7.79. The highest BCUT2D eigenvalue weighted by Crippen LogP contribution is 2.21. The van der Waals surface area contributed by atoms with Crippen molar-refractivity contribution in [1.82, 2.24) is 10.2 Å². The Kier molecular flexibility index (Phi) is 5.64. The summed E-state index contributed by atoms with van der Waals surface area (Å²) in [6.07, 6.45) is 4.04. The molecule has 2 aliphatic heterocycles. The van der Waals surface area contributed by atoms with E-state index in [1.54, 1.807) is 0 Å². The van der Waals surface area contributed by atoms with Crippen LogP contribution in [0.1, 0.15) is 39.5 Å². The number of nitrogens with one attached hydrogen (secondary N) is 1. The minimum absolute atomic E-state index is 0.339. The molecule has 19 heavy (non-hydrogen) atoms. The van der Waals surface area contributed by atoms with Gasteiger partial charge in [0.25, 0.3) is 0 Å². The summed E-state index contributed by atoms with van der Waals surface area (Å²) < 4.78 is 5.50. The molecule has 2 rings (SSSR count). The van der Waals surface area contributed by atoms with E-state index in [1.807, 2.05) is 0 Å². The van der Waals surface area contributed by atoms with E-state index in [1.165, 1.54) is 0 Å². The van der Waals surface area contributed by atoms with Crippen LogP contribution >= 0.6 is 0 Å². The molecule has 3 atom stereocenters. The Balaban J connectivity index is 1.92. The molecule has 0 aromatic rings. The van der Waals surface area contributed by atoms with Gasteiger partial charge in [0.15, 0.2) is 0 Å². The van der Waals surface area contributed by atoms with Crippen LogP contribution in [-0.4, -0.2) is 49.7 Å². The fourth-order valence-electron chi connectivity index (χ4n) is 3.12. The highest BCUT2D eigenvalue weighted by Gasteiger charge is 2.29. The first kappa shape index (κ1) is 14.8. The van der Waals surface area contributed by atoms with Crippen molar-refractivity contribution in [1.29, 1.82) is 0 Å². The number of hydrogen-bond donors (Lipinski definition) is 1. The number of hydrogen-bond acceptors (Lipinski definition) is 3. The van der Waals surface area contributed by atoms with Crippen LogP contribution in [0.4, 0.5) is 0 Å². The zero-order valence-corrected chi connectivity index (χ0v) is 12.4. The molecule has 0 saturated carbocycles. The van der Waals surface area contributed by atoms with Gasteiger partial charge in [-0.05, 0) is 31.7 Å². The van der Waals surface area contributed by atoms with Crippen LogP contribution in [0.15, 0.2) is 0 Å². The molecule has 0 aliphatic carbocycles. The zero-order chi connectivity index (χ0) is 13.7. The third kappa shape index (κ3) is 4.18. The lowest BCUT2D eigenvalue weighted by Gasteiger charge is -2.30. The fourth-order valence-corrected chi connectivity index (χ4v) is 3.12. The van der Waals surface area contributed by atoms with E-state index in [9.17, 15) is 4.79 Å². The molecular formula is C15H28N2O2. The van der Waals surface area contributed by atoms with E-state index in [0.717, 1.165) is 58.5 Å². The average Bonchev–Trinajstić information content (AvgIpc) is 2.88. The third-order valence-electron chi connectivity index (χ3n) is 4.51. The molecule has 0 spiro atoms. The van der Waals surface area contributed by atoms with E-state index in [4.69, 9.17) is 4.74 Å². The van der Waals surface area contributed by atoms with E-state index in [2.05, 4.69) is 24.1 Å². The lowest BCUT2D eigenvalue weighted by molar-refractivity contribution is -0.131. The van der Waals surface area contributed by atoms with E-state index in [-0.39, 0.29) is 0 Å². The molecule has 4 heteroatoms. The maximum Gasteiger partial charge on any atom is 0.222 e. The van der Waals surface area contributed by atoms with Crippen LogP contribution in [0.3, 0.4) is 0 Å². The van der Waals surface area contributed by atoms with Crippen molar-refractivity contribution < 1.29 is 9.53 Å². The number of likely N-dealkylation sites (N-methyl/N-ethyl adjacent to an activating group) is 1. The molecule has 2 aliphatic rings. The zero-order valence-electron chi connectivity index (χ0n) is 12.4. The normalized spacial score (nSPS) is 30.4. The highest BCUT2D eigenvalue weighted by molar-refractivity contribution is 5.76. The molecular weight excluding hydrogens is 240 g/mol. The van der Waals surface area contributed by atoms with Gasteiger partial charge in [-0.15, -0.1) is 0 Å². The first-order chi connectivity index (χ1) is 9.20. The second kappa shape index (κ2) is 7.25. The van der Waals surface area contributed by atoms with Gasteiger partial charge < -0.3 is 15.0 Å². The minimum atomic E-state index is 0.339. The first-order valence-electron chi connectivity index (χ1n) is 7.79. The molecule has 110 valence electrons. The molecule has 1 N–H and O–H groups in total. The number of likely N-dealkylation sites (tertiary alicyclic amines) is 1. The van der Waals surface area contributed by atoms with Crippen LogP contribution in [-0.2, 0) is 9.53 Å². The Hall–Kier alpha value is -0.610. The molecule has 2 fully saturated rings. The Labute approximate surface area is 116 Å². The van der Waals surface area contributed by atoms with Crippen LogP contribution in [0, 0.1) is 11.8 Å². The van der Waals surface area contributed by atoms with Gasteiger partial charge >= 0.3 is 0 Å². The predicted molar refractivity (Wildman–Crippen MR) is 76.0 cm³/mol. The van der Waals surface area contributed by atoms with Crippen molar-refractivity contribution in [3.8, 4) is 0 Å². The lowest BCUT2D eigenvalue weighted by Crippen LogP contribution is -2.47. The van der Waals surface area contributed by atoms with E-state index >= 15 is 0 Å². The molecule has 2 heterocycles. The van der Waals surface area contributed by atoms with Gasteiger partial charge in [-0.2, -0.15) is 0 Å². The number of amides is 1. The summed E-state index contributed by atoms with van der Waals surface area (Å²) in [5.74, 6) is 1.58. The van der Waals surface area contributed by atoms with Crippen molar-refractivity contribution in [2.75, 3.05) is 32.8 Å². The lowest BCUT2D eigenvalue weighted by atomic mass is 9.98. The Morgan fingerprint density at radius 1 is 1.42 bits per heavy atom. The molecule has 0 bridgehead atoms. The maximum atomic E-state index is 12.2. The van der Waals surface area contributed by atoms with E-state index in [0.29, 0.717) is 23.8 Å². The second-order valence-electron chi connectivity index (χ2n) is 6.06. The molecule has 0 aromatic heterocycles. The number of rotatable bonds is 5. The second-order valence-corrected chi connectivity index (χ2v) is 6.06. The molecule has 1 amide bonds. The van der Waals surface area contributed by atoms with Gasteiger partial charge in [0.2, 0.25) is 5.91 Å². The van der Waals surface area contributed by atoms with E-state index < -0.39 is 0 Å². The van der Waals surface area contributed by atoms with Crippen LogP contribution in [0.25, 0.3) is 0 Å². The van der Waals surface area contributed by atoms with Crippen LogP contribution in [0.2, 0.25) is 0 Å². The largest absolute Gasteiger partial charge is 0.381 e. The van der Waals surface area contributed by atoms with Gasteiger partial charge in [-0.3, -0.25) is 4.79 Å². The molecule has 4 nitrogen and oxygen atoms in total. The smallest absolute Gasteiger partial charge is 0.222 e. The van der Waals surface area contributed by atoms with Gasteiger partial charge in [-0.1, -0.05) is 13.8 Å². The van der Waals surface area contributed by atoms with Crippen molar-refractivity contribution in [2.24, 2.45) is 11.8 Å². The average molecular weight is 268 g/mol. The molecule has 2 saturated heterocycles. The Bertz CT molecular complexity index is 290. The monoisotopic (exact) mass is 268 g/mol. The molecule has 0 radical (unpaired) electrons. The third-order valence-corrected chi connectivity index (χ3v) is 4.51. The Morgan fingerprint density at radius 2 is 2.26 bits per heavy atom. The standard InChI is InChI=1S/C15H28N2O2/c1-3-16-14(13-7-9-19-11-13)10-17-8-6-12(2)4-5-15(17)18/h12-14,16H,3-11H2,1-2H3. The van der Waals surface area contributed by atoms with Crippen LogP contribution in [0.5, 0.6) is 0 Å². The topological polar surface area (TPSA) is 41.6 Å². The summed E-state index contributed by atoms with van der Waals surface area (Å²) in [7, 11) is 0. The van der Waals surface area contributed by atoms with Crippen LogP contribution < -0.4 is 5.32 Å². The summed E-state index contributed by atoms with van der Waals surface area (Å²) in [6, 6.07) is 0.393. The predicted octanol–water partition coefficient (Wildman–Crippen LogP) is 1.65. The van der Waals surface area contributed by atoms with Gasteiger partial charge in [0.05, 0.1) is 6.61 Å². The van der Waals surface area contributed by atoms with Crippen molar-refractivity contribution in [3.63, 3.8) is 0 Å². The number of carbonyl (C=O) groups is 1. The summed E-state index contributed by atoms with van der Waals surface area (Å²) >= 11 is 0. The number of carbonyl (C=O) groups excluding carboxylic acids is 1. The summed E-state index contributed by atoms with van der Waals surface area (Å²) in [4.78, 5) is 14.3. The SMILES string of the molecule is CCNC(CN1CCC(C)CCC1=O)C1CCOC1. The van der Waals surface area contributed by atoms with Gasteiger partial charge in [0, 0.05) is 38.1 Å². The summed E-state index contributed by atoms with van der Waals surface area (Å²) in [5, 5.41) is 3.55. The Morgan fingerprint density at radius 3 is 2.95 bits per heavy atom. The minimum Gasteiger partial charge on any atom is -0.381 e. The van der Waals surface area contributed by atoms with Crippen molar-refractivity contribution >= 4 is 5.91 Å². The quantitative estimate of drug-likeness (QED) is 0.824. The summed E-state index contributed by atoms with van der Waals surface area (Å²) in [6.45, 7) is 8.84. The number of nitrogens with zero attached hydrogens (tertiary/aromatic N) is 1. The maximum absolute atomic E-state index is 12.2. The number of ether oxygens (including phenoxy) is 1. The van der Waals surface area contributed by atoms with Gasteiger partial charge in [0.1, 0.15) is 0 Å². The molecule has 3 unspecified atom stereocenters. The fraction of sp³-hybridized carbons (Fsp3) is 0.933. The van der Waals surface area contributed by atoms with Gasteiger partial charge in [-0.25, -0.2) is 0 Å². The van der Waals surface area contributed by atoms with Crippen molar-refractivity contribution in [3.05, 3.63) is 0 Å². The van der Waals surface area contributed by atoms with Crippen molar-refractivity contribution in [2.45, 2.75) is 45.6 Å². The molecule has 0 aromatic carbocycles. The summed E-state index contributed by atoms with van der Waals surface area (Å²) in [5.41, 5.74) is 0.